The first kappa shape index (κ1) is 12.1. The van der Waals surface area contributed by atoms with E-state index in [1.165, 1.54) is 0 Å². The van der Waals surface area contributed by atoms with Crippen LogP contribution in [0.15, 0.2) is 24.3 Å². The van der Waals surface area contributed by atoms with Gasteiger partial charge in [-0.2, -0.15) is 0 Å². The van der Waals surface area contributed by atoms with Gasteiger partial charge >= 0.3 is 0 Å². The number of aromatic nitrogens is 3. The minimum absolute atomic E-state index is 0.0393. The van der Waals surface area contributed by atoms with Crippen LogP contribution < -0.4 is 5.32 Å². The lowest BCUT2D eigenvalue weighted by atomic mass is 10.1. The van der Waals surface area contributed by atoms with Gasteiger partial charge in [0.1, 0.15) is 12.1 Å². The predicted molar refractivity (Wildman–Crippen MR) is 69.5 cm³/mol. The molecule has 0 spiro atoms. The fourth-order valence-electron chi connectivity index (χ4n) is 2.23. The van der Waals surface area contributed by atoms with Crippen molar-refractivity contribution < 1.29 is 9.53 Å². The first-order chi connectivity index (χ1) is 9.33. The summed E-state index contributed by atoms with van der Waals surface area (Å²) in [6.45, 7) is 2.42. The SMILES string of the molecule is O=C(Cn1nnc2ccccc21)NC[C@H]1CCOC1. The molecule has 1 aromatic carbocycles. The normalized spacial score (nSPS) is 18.8. The molecule has 1 aliphatic heterocycles. The molecular formula is C13H16N4O2. The summed E-state index contributed by atoms with van der Waals surface area (Å²) < 4.78 is 6.89. The third-order valence-electron chi connectivity index (χ3n) is 3.33. The zero-order valence-corrected chi connectivity index (χ0v) is 10.6. The molecule has 0 unspecified atom stereocenters. The van der Waals surface area contributed by atoms with E-state index in [0.717, 1.165) is 30.7 Å². The van der Waals surface area contributed by atoms with Crippen LogP contribution in [-0.2, 0) is 16.1 Å². The molecule has 19 heavy (non-hydrogen) atoms. The second-order valence-electron chi connectivity index (χ2n) is 4.77. The molecule has 0 bridgehead atoms. The van der Waals surface area contributed by atoms with E-state index in [1.807, 2.05) is 24.3 Å². The molecule has 1 saturated heterocycles. The Bertz CT molecular complexity index is 575. The number of benzene rings is 1. The van der Waals surface area contributed by atoms with Gasteiger partial charge in [-0.15, -0.1) is 5.10 Å². The van der Waals surface area contributed by atoms with Gasteiger partial charge in [-0.05, 0) is 18.6 Å². The summed E-state index contributed by atoms with van der Waals surface area (Å²) in [7, 11) is 0. The summed E-state index contributed by atoms with van der Waals surface area (Å²) in [5.41, 5.74) is 1.68. The van der Waals surface area contributed by atoms with Crippen LogP contribution in [0.4, 0.5) is 0 Å². The molecule has 0 radical (unpaired) electrons. The van der Waals surface area contributed by atoms with Crippen molar-refractivity contribution in [3.63, 3.8) is 0 Å². The number of nitrogens with one attached hydrogen (secondary N) is 1. The molecule has 1 aromatic heterocycles. The minimum atomic E-state index is -0.0393. The van der Waals surface area contributed by atoms with Gasteiger partial charge in [0.05, 0.1) is 12.1 Å². The molecule has 6 heteroatoms. The van der Waals surface area contributed by atoms with Crippen LogP contribution in [0.1, 0.15) is 6.42 Å². The Morgan fingerprint density at radius 1 is 1.47 bits per heavy atom. The van der Waals surface area contributed by atoms with Crippen LogP contribution in [0.5, 0.6) is 0 Å². The van der Waals surface area contributed by atoms with E-state index in [-0.39, 0.29) is 12.5 Å². The van der Waals surface area contributed by atoms with E-state index in [0.29, 0.717) is 12.5 Å². The number of nitrogens with zero attached hydrogens (tertiary/aromatic N) is 3. The third kappa shape index (κ3) is 2.73. The molecule has 1 aliphatic rings. The van der Waals surface area contributed by atoms with Gasteiger partial charge in [-0.1, -0.05) is 17.3 Å². The highest BCUT2D eigenvalue weighted by atomic mass is 16.5. The Balaban J connectivity index is 1.59. The maximum absolute atomic E-state index is 11.9. The number of carbonyl (C=O) groups excluding carboxylic acids is 1. The van der Waals surface area contributed by atoms with E-state index in [9.17, 15) is 4.79 Å². The van der Waals surface area contributed by atoms with Gasteiger partial charge in [-0.25, -0.2) is 4.68 Å². The summed E-state index contributed by atoms with van der Waals surface area (Å²) in [5.74, 6) is 0.402. The number of carbonyl (C=O) groups is 1. The maximum atomic E-state index is 11.9. The highest BCUT2D eigenvalue weighted by Crippen LogP contribution is 2.11. The Kier molecular flexibility index (Phi) is 3.41. The Labute approximate surface area is 110 Å². The lowest BCUT2D eigenvalue weighted by molar-refractivity contribution is -0.122. The molecule has 1 amide bonds. The number of fused-ring (bicyclic) bond motifs is 1. The quantitative estimate of drug-likeness (QED) is 0.873. The Hall–Kier alpha value is -1.95. The molecule has 100 valence electrons. The molecule has 2 heterocycles. The molecule has 0 aliphatic carbocycles. The van der Waals surface area contributed by atoms with Gasteiger partial charge in [0.2, 0.25) is 5.91 Å². The van der Waals surface area contributed by atoms with Crippen molar-refractivity contribution in [3.8, 4) is 0 Å². The lowest BCUT2D eigenvalue weighted by Gasteiger charge is -2.09. The standard InChI is InChI=1S/C13H16N4O2/c18-13(14-7-10-5-6-19-9-10)8-17-12-4-2-1-3-11(12)15-16-17/h1-4,10H,5-9H2,(H,14,18)/t10-/m1/s1. The monoisotopic (exact) mass is 260 g/mol. The second kappa shape index (κ2) is 5.36. The molecule has 1 fully saturated rings. The van der Waals surface area contributed by atoms with E-state index in [4.69, 9.17) is 4.74 Å². The highest BCUT2D eigenvalue weighted by molar-refractivity contribution is 5.79. The predicted octanol–water partition coefficient (Wildman–Crippen LogP) is 0.584. The van der Waals surface area contributed by atoms with Crippen molar-refractivity contribution in [2.75, 3.05) is 19.8 Å². The minimum Gasteiger partial charge on any atom is -0.381 e. The van der Waals surface area contributed by atoms with Gasteiger partial charge in [0.25, 0.3) is 0 Å². The average Bonchev–Trinajstić information content (AvgIpc) is 3.07. The Morgan fingerprint density at radius 2 is 2.37 bits per heavy atom. The van der Waals surface area contributed by atoms with E-state index in [1.54, 1.807) is 4.68 Å². The number of hydrogen-bond donors (Lipinski definition) is 1. The van der Waals surface area contributed by atoms with Crippen molar-refractivity contribution >= 4 is 16.9 Å². The van der Waals surface area contributed by atoms with Gasteiger partial charge < -0.3 is 10.1 Å². The number of para-hydroxylation sites is 1. The summed E-state index contributed by atoms with van der Waals surface area (Å²) >= 11 is 0. The van der Waals surface area contributed by atoms with Crippen molar-refractivity contribution in [1.82, 2.24) is 20.3 Å². The van der Waals surface area contributed by atoms with E-state index in [2.05, 4.69) is 15.6 Å². The third-order valence-corrected chi connectivity index (χ3v) is 3.33. The largest absolute Gasteiger partial charge is 0.381 e. The van der Waals surface area contributed by atoms with Gasteiger partial charge in [0, 0.05) is 19.1 Å². The fraction of sp³-hybridized carbons (Fsp3) is 0.462. The smallest absolute Gasteiger partial charge is 0.241 e. The highest BCUT2D eigenvalue weighted by Gasteiger charge is 2.16. The fourth-order valence-corrected chi connectivity index (χ4v) is 2.23. The van der Waals surface area contributed by atoms with Crippen molar-refractivity contribution in [3.05, 3.63) is 24.3 Å². The van der Waals surface area contributed by atoms with Crippen LogP contribution in [0.25, 0.3) is 11.0 Å². The Morgan fingerprint density at radius 3 is 3.21 bits per heavy atom. The summed E-state index contributed by atoms with van der Waals surface area (Å²) in [6, 6.07) is 7.61. The van der Waals surface area contributed by atoms with Crippen LogP contribution in [0.2, 0.25) is 0 Å². The number of ether oxygens (including phenoxy) is 1. The second-order valence-corrected chi connectivity index (χ2v) is 4.77. The van der Waals surface area contributed by atoms with Crippen LogP contribution in [0.3, 0.4) is 0 Å². The molecule has 1 N–H and O–H groups in total. The maximum Gasteiger partial charge on any atom is 0.241 e. The molecule has 1 atom stereocenters. The van der Waals surface area contributed by atoms with Crippen molar-refractivity contribution in [1.29, 1.82) is 0 Å². The molecule has 2 aromatic rings. The van der Waals surface area contributed by atoms with Crippen LogP contribution in [-0.4, -0.2) is 40.7 Å². The first-order valence-corrected chi connectivity index (χ1v) is 6.45. The molecule has 0 saturated carbocycles. The zero-order valence-electron chi connectivity index (χ0n) is 10.6. The summed E-state index contributed by atoms with van der Waals surface area (Å²) in [5, 5.41) is 10.9. The van der Waals surface area contributed by atoms with E-state index >= 15 is 0 Å². The van der Waals surface area contributed by atoms with Crippen LogP contribution in [0, 0.1) is 5.92 Å². The van der Waals surface area contributed by atoms with Crippen molar-refractivity contribution in [2.24, 2.45) is 5.92 Å². The molecular weight excluding hydrogens is 244 g/mol. The first-order valence-electron chi connectivity index (χ1n) is 6.45. The van der Waals surface area contributed by atoms with Crippen LogP contribution >= 0.6 is 0 Å². The molecule has 3 rings (SSSR count). The van der Waals surface area contributed by atoms with E-state index < -0.39 is 0 Å². The topological polar surface area (TPSA) is 69.0 Å². The number of rotatable bonds is 4. The van der Waals surface area contributed by atoms with Gasteiger partial charge in [0.15, 0.2) is 0 Å². The zero-order chi connectivity index (χ0) is 13.1. The van der Waals surface area contributed by atoms with Crippen molar-refractivity contribution in [2.45, 2.75) is 13.0 Å². The number of hydrogen-bond acceptors (Lipinski definition) is 4. The number of amides is 1. The van der Waals surface area contributed by atoms with Gasteiger partial charge in [-0.3, -0.25) is 4.79 Å². The molecule has 6 nitrogen and oxygen atoms in total. The summed E-state index contributed by atoms with van der Waals surface area (Å²) in [6.07, 6.45) is 1.02. The lowest BCUT2D eigenvalue weighted by Crippen LogP contribution is -2.32. The average molecular weight is 260 g/mol. The summed E-state index contributed by atoms with van der Waals surface area (Å²) in [4.78, 5) is 11.9.